The topological polar surface area (TPSA) is 129 Å². The van der Waals surface area contributed by atoms with E-state index in [1.54, 1.807) is 0 Å². The smallest absolute Gasteiger partial charge is 0.258 e. The highest BCUT2D eigenvalue weighted by atomic mass is 35.5. The molecule has 0 saturated carbocycles. The van der Waals surface area contributed by atoms with Crippen LogP contribution in [0.4, 0.5) is 17.1 Å². The van der Waals surface area contributed by atoms with Crippen molar-refractivity contribution in [1.29, 1.82) is 0 Å². The van der Waals surface area contributed by atoms with Crippen molar-refractivity contribution in [3.8, 4) is 11.1 Å². The van der Waals surface area contributed by atoms with Gasteiger partial charge in [0, 0.05) is 11.1 Å². The summed E-state index contributed by atoms with van der Waals surface area (Å²) in [6.07, 6.45) is 0. The van der Waals surface area contributed by atoms with E-state index >= 15 is 0 Å². The Morgan fingerprint density at radius 2 is 1.30 bits per heavy atom. The Kier molecular flexibility index (Phi) is 4.43. The van der Waals surface area contributed by atoms with E-state index in [1.165, 1.54) is 24.3 Å². The number of nitrogens with zero attached hydrogens (tertiary/aromatic N) is 3. The van der Waals surface area contributed by atoms with Gasteiger partial charge in [0.2, 0.25) is 5.02 Å². The van der Waals surface area contributed by atoms with Crippen LogP contribution in [0.25, 0.3) is 11.1 Å². The molecule has 2 rings (SSSR count). The van der Waals surface area contributed by atoms with E-state index in [2.05, 4.69) is 0 Å². The molecule has 11 heteroatoms. The minimum atomic E-state index is -1.13. The summed E-state index contributed by atoms with van der Waals surface area (Å²) in [6, 6.07) is 6.33. The van der Waals surface area contributed by atoms with E-state index in [0.29, 0.717) is 5.02 Å². The van der Waals surface area contributed by atoms with E-state index in [-0.39, 0.29) is 11.1 Å². The maximum Gasteiger partial charge on any atom is 0.372 e. The van der Waals surface area contributed by atoms with Gasteiger partial charge in [0.25, 0.3) is 5.69 Å². The second kappa shape index (κ2) is 6.15. The van der Waals surface area contributed by atoms with Crippen LogP contribution in [0.1, 0.15) is 0 Å². The molecule has 2 aromatic carbocycles. The predicted octanol–water partition coefficient (Wildman–Crippen LogP) is 4.39. The average Bonchev–Trinajstić information content (AvgIpc) is 2.46. The number of hydrogen-bond donors (Lipinski definition) is 0. The van der Waals surface area contributed by atoms with Gasteiger partial charge < -0.3 is 0 Å². The monoisotopic (exact) mass is 357 g/mol. The van der Waals surface area contributed by atoms with Gasteiger partial charge in [0.15, 0.2) is 0 Å². The number of nitro groups is 3. The number of nitro benzene ring substituents is 3. The third kappa shape index (κ3) is 3.05. The fraction of sp³-hybridized carbons (Fsp3) is 0. The van der Waals surface area contributed by atoms with Gasteiger partial charge in [0.05, 0.1) is 20.3 Å². The van der Waals surface area contributed by atoms with Gasteiger partial charge in [0.1, 0.15) is 0 Å². The Balaban J connectivity index is 2.94. The minimum Gasteiger partial charge on any atom is -0.258 e. The van der Waals surface area contributed by atoms with Crippen LogP contribution in [0.2, 0.25) is 10.0 Å². The lowest BCUT2D eigenvalue weighted by Crippen LogP contribution is -2.02. The quantitative estimate of drug-likeness (QED) is 0.589. The highest BCUT2D eigenvalue weighted by Gasteiger charge is 2.38. The lowest BCUT2D eigenvalue weighted by molar-refractivity contribution is -0.423. The summed E-state index contributed by atoms with van der Waals surface area (Å²) in [5.74, 6) is 0. The summed E-state index contributed by atoms with van der Waals surface area (Å²) >= 11 is 11.3. The Labute approximate surface area is 137 Å². The molecular formula is C12H5Cl2N3O6. The van der Waals surface area contributed by atoms with Crippen molar-refractivity contribution < 1.29 is 14.8 Å². The molecule has 0 aromatic heterocycles. The van der Waals surface area contributed by atoms with Gasteiger partial charge in [-0.1, -0.05) is 35.3 Å². The van der Waals surface area contributed by atoms with E-state index in [1.807, 2.05) is 0 Å². The molecule has 0 N–H and O–H groups in total. The van der Waals surface area contributed by atoms with Crippen molar-refractivity contribution in [2.75, 3.05) is 0 Å². The van der Waals surface area contributed by atoms with Crippen LogP contribution in [0.15, 0.2) is 30.3 Å². The zero-order chi connectivity index (χ0) is 17.3. The van der Waals surface area contributed by atoms with Crippen LogP contribution in [-0.2, 0) is 0 Å². The summed E-state index contributed by atoms with van der Waals surface area (Å²) in [5, 5.41) is 32.9. The van der Waals surface area contributed by atoms with Gasteiger partial charge >= 0.3 is 11.4 Å². The molecule has 2 aromatic rings. The summed E-state index contributed by atoms with van der Waals surface area (Å²) in [5.41, 5.74) is -2.99. The third-order valence-electron chi connectivity index (χ3n) is 2.91. The first-order valence-electron chi connectivity index (χ1n) is 5.79. The Morgan fingerprint density at radius 3 is 1.74 bits per heavy atom. The van der Waals surface area contributed by atoms with Crippen LogP contribution in [0.5, 0.6) is 0 Å². The third-order valence-corrected chi connectivity index (χ3v) is 3.53. The van der Waals surface area contributed by atoms with Crippen molar-refractivity contribution in [3.63, 3.8) is 0 Å². The summed E-state index contributed by atoms with van der Waals surface area (Å²) in [6.45, 7) is 0. The van der Waals surface area contributed by atoms with Crippen LogP contribution < -0.4 is 0 Å². The molecule has 0 aliphatic heterocycles. The normalized spacial score (nSPS) is 10.3. The minimum absolute atomic E-state index is 0.156. The van der Waals surface area contributed by atoms with Crippen molar-refractivity contribution in [2.45, 2.75) is 0 Å². The molecule has 0 saturated heterocycles. The maximum absolute atomic E-state index is 11.3. The van der Waals surface area contributed by atoms with Crippen LogP contribution in [0, 0.1) is 30.3 Å². The van der Waals surface area contributed by atoms with Gasteiger partial charge in [-0.3, -0.25) is 30.3 Å². The van der Waals surface area contributed by atoms with E-state index in [9.17, 15) is 30.3 Å². The molecular weight excluding hydrogens is 353 g/mol. The number of halogens is 2. The maximum atomic E-state index is 11.3. The fourth-order valence-corrected chi connectivity index (χ4v) is 2.36. The highest BCUT2D eigenvalue weighted by molar-refractivity contribution is 6.35. The zero-order valence-electron chi connectivity index (χ0n) is 10.9. The largest absolute Gasteiger partial charge is 0.372 e. The Hall–Kier alpha value is -2.78. The second-order valence-electron chi connectivity index (χ2n) is 4.23. The first-order valence-corrected chi connectivity index (χ1v) is 6.55. The average molecular weight is 358 g/mol. The van der Waals surface area contributed by atoms with Crippen molar-refractivity contribution in [3.05, 3.63) is 70.7 Å². The molecule has 0 fully saturated rings. The van der Waals surface area contributed by atoms with E-state index in [4.69, 9.17) is 23.2 Å². The van der Waals surface area contributed by atoms with Crippen LogP contribution in [-0.4, -0.2) is 14.8 Å². The molecule has 0 spiro atoms. The second-order valence-corrected chi connectivity index (χ2v) is 5.05. The molecule has 0 radical (unpaired) electrons. The molecule has 0 aliphatic rings. The molecule has 0 amide bonds. The molecule has 0 heterocycles. The summed E-state index contributed by atoms with van der Waals surface area (Å²) in [7, 11) is 0. The first-order chi connectivity index (χ1) is 10.7. The Morgan fingerprint density at radius 1 is 0.783 bits per heavy atom. The number of rotatable bonds is 4. The molecule has 0 atom stereocenters. The molecule has 0 aliphatic carbocycles. The van der Waals surface area contributed by atoms with E-state index in [0.717, 1.165) is 6.07 Å². The van der Waals surface area contributed by atoms with Gasteiger partial charge in [-0.2, -0.15) is 0 Å². The molecule has 118 valence electrons. The predicted molar refractivity (Wildman–Crippen MR) is 81.9 cm³/mol. The Bertz CT molecular complexity index is 838. The first kappa shape index (κ1) is 16.6. The zero-order valence-corrected chi connectivity index (χ0v) is 12.4. The lowest BCUT2D eigenvalue weighted by atomic mass is 10.0. The van der Waals surface area contributed by atoms with Crippen molar-refractivity contribution in [2.24, 2.45) is 0 Å². The van der Waals surface area contributed by atoms with Crippen molar-refractivity contribution in [1.82, 2.24) is 0 Å². The SMILES string of the molecule is O=[N+]([O-])c1cc(-c2ccc(Cl)cc2)c([N+](=O)[O-])c([N+](=O)[O-])c1Cl. The standard InChI is InChI=1S/C12H5Cl2N3O6/c13-7-3-1-6(2-4-7)8-5-9(15(18)19)10(14)12(17(22)23)11(8)16(20)21/h1-5H. The van der Waals surface area contributed by atoms with Gasteiger partial charge in [-0.05, 0) is 17.7 Å². The van der Waals surface area contributed by atoms with Crippen LogP contribution in [0.3, 0.4) is 0 Å². The van der Waals surface area contributed by atoms with Crippen molar-refractivity contribution >= 4 is 40.3 Å². The highest BCUT2D eigenvalue weighted by Crippen LogP contribution is 2.47. The van der Waals surface area contributed by atoms with Gasteiger partial charge in [-0.25, -0.2) is 0 Å². The van der Waals surface area contributed by atoms with Crippen LogP contribution >= 0.6 is 23.2 Å². The molecule has 0 bridgehead atoms. The molecule has 23 heavy (non-hydrogen) atoms. The lowest BCUT2D eigenvalue weighted by Gasteiger charge is -2.06. The summed E-state index contributed by atoms with van der Waals surface area (Å²) in [4.78, 5) is 30.4. The number of hydrogen-bond acceptors (Lipinski definition) is 6. The van der Waals surface area contributed by atoms with Gasteiger partial charge in [-0.15, -0.1) is 0 Å². The number of benzene rings is 2. The molecule has 9 nitrogen and oxygen atoms in total. The summed E-state index contributed by atoms with van der Waals surface area (Å²) < 4.78 is 0. The molecule has 0 unspecified atom stereocenters. The van der Waals surface area contributed by atoms with E-state index < -0.39 is 36.9 Å². The fourth-order valence-electron chi connectivity index (χ4n) is 1.96.